The number of benzene rings is 2. The maximum Gasteiger partial charge on any atom is 0.190 e. The molecule has 0 fully saturated rings. The van der Waals surface area contributed by atoms with E-state index >= 15 is 0 Å². The summed E-state index contributed by atoms with van der Waals surface area (Å²) in [6, 6.07) is 18.8. The van der Waals surface area contributed by atoms with E-state index in [9.17, 15) is 9.59 Å². The number of carbonyl (C=O) groups excluding carboxylic acids is 2. The highest BCUT2D eigenvalue weighted by Gasteiger charge is 2.33. The van der Waals surface area contributed by atoms with Crippen molar-refractivity contribution in [1.29, 1.82) is 0 Å². The van der Waals surface area contributed by atoms with Crippen LogP contribution in [0.4, 0.5) is 0 Å². The maximum atomic E-state index is 12.6. The first-order chi connectivity index (χ1) is 14.7. The van der Waals surface area contributed by atoms with Crippen LogP contribution in [0.3, 0.4) is 0 Å². The van der Waals surface area contributed by atoms with Crippen molar-refractivity contribution in [3.63, 3.8) is 0 Å². The molecule has 0 unspecified atom stereocenters. The molecule has 0 aliphatic heterocycles. The molecule has 31 heavy (non-hydrogen) atoms. The SMILES string of the molecule is O=C(c1ccccc1)C(Br)(Br)CCCCCCCCCC(Br)(Br)C(=O)c1ccccc1. The van der Waals surface area contributed by atoms with E-state index < -0.39 is 6.47 Å². The molecule has 0 radical (unpaired) electrons. The third-order valence-corrected chi connectivity index (χ3v) is 8.24. The number of ketones is 2. The standard InChI is InChI=1S/C25H28Br4O2/c26-24(27,22(30)20-14-8-6-9-15-20)18-12-4-2-1-3-5-13-19-25(28,29)23(31)21-16-10-7-11-17-21/h6-11,14-17H,1-5,12-13,18-19H2. The number of unbranched alkanes of at least 4 members (excludes halogenated alkanes) is 6. The summed E-state index contributed by atoms with van der Waals surface area (Å²) in [7, 11) is 0. The molecule has 0 heterocycles. The topological polar surface area (TPSA) is 34.1 Å². The van der Waals surface area contributed by atoms with Gasteiger partial charge in [-0.3, -0.25) is 9.59 Å². The molecule has 6 heteroatoms. The molecule has 0 aromatic heterocycles. The first-order valence-corrected chi connectivity index (χ1v) is 13.9. The Morgan fingerprint density at radius 2 is 0.806 bits per heavy atom. The smallest absolute Gasteiger partial charge is 0.190 e. The zero-order chi connectivity index (χ0) is 22.7. The number of alkyl halides is 4. The maximum absolute atomic E-state index is 12.6. The van der Waals surface area contributed by atoms with Crippen LogP contribution >= 0.6 is 63.7 Å². The summed E-state index contributed by atoms with van der Waals surface area (Å²) in [4.78, 5) is 25.2. The second kappa shape index (κ2) is 13.4. The van der Waals surface area contributed by atoms with Crippen molar-refractivity contribution in [2.24, 2.45) is 0 Å². The van der Waals surface area contributed by atoms with E-state index in [4.69, 9.17) is 0 Å². The van der Waals surface area contributed by atoms with Crippen LogP contribution in [0.25, 0.3) is 0 Å². The van der Waals surface area contributed by atoms with Gasteiger partial charge in [0.25, 0.3) is 0 Å². The van der Waals surface area contributed by atoms with Crippen molar-refractivity contribution in [2.45, 2.75) is 64.3 Å². The highest BCUT2D eigenvalue weighted by Crippen LogP contribution is 2.37. The summed E-state index contributed by atoms with van der Waals surface area (Å²) < 4.78 is -1.36. The third kappa shape index (κ3) is 9.23. The Kier molecular flexibility index (Phi) is 11.7. The van der Waals surface area contributed by atoms with Gasteiger partial charge in [0.15, 0.2) is 11.6 Å². The first-order valence-electron chi connectivity index (χ1n) is 10.7. The molecule has 2 aromatic rings. The molecule has 2 nitrogen and oxygen atoms in total. The normalized spacial score (nSPS) is 12.0. The molecular formula is C25H28Br4O2. The predicted octanol–water partition coefficient (Wildman–Crippen LogP) is 9.24. The molecule has 2 aromatic carbocycles. The summed E-state index contributed by atoms with van der Waals surface area (Å²) in [6.45, 7) is 0. The van der Waals surface area contributed by atoms with E-state index in [2.05, 4.69) is 63.7 Å². The number of Topliss-reactive ketones (excluding diaryl/α,β-unsaturated/α-hetero) is 2. The van der Waals surface area contributed by atoms with Crippen LogP contribution in [-0.2, 0) is 0 Å². The predicted molar refractivity (Wildman–Crippen MR) is 144 cm³/mol. The minimum Gasteiger partial charge on any atom is -0.292 e. The van der Waals surface area contributed by atoms with Crippen molar-refractivity contribution in [1.82, 2.24) is 0 Å². The second-order valence-electron chi connectivity index (χ2n) is 7.77. The molecule has 0 aliphatic rings. The lowest BCUT2D eigenvalue weighted by Crippen LogP contribution is -2.24. The average molecular weight is 680 g/mol. The number of hydrogen-bond acceptors (Lipinski definition) is 2. The van der Waals surface area contributed by atoms with Gasteiger partial charge in [0, 0.05) is 11.1 Å². The van der Waals surface area contributed by atoms with Crippen LogP contribution < -0.4 is 0 Å². The Hall–Kier alpha value is -0.300. The molecule has 168 valence electrons. The van der Waals surface area contributed by atoms with Crippen molar-refractivity contribution >= 4 is 75.3 Å². The molecule has 0 saturated carbocycles. The summed E-state index contributed by atoms with van der Waals surface area (Å²) in [6.07, 6.45) is 9.21. The average Bonchev–Trinajstić information content (AvgIpc) is 2.78. The van der Waals surface area contributed by atoms with Gasteiger partial charge in [0.05, 0.1) is 0 Å². The molecule has 2 rings (SSSR count). The lowest BCUT2D eigenvalue weighted by molar-refractivity contribution is 0.0971. The molecule has 0 N–H and O–H groups in total. The number of rotatable bonds is 14. The van der Waals surface area contributed by atoms with Gasteiger partial charge in [-0.25, -0.2) is 0 Å². The van der Waals surface area contributed by atoms with E-state index in [0.717, 1.165) is 62.5 Å². The van der Waals surface area contributed by atoms with E-state index in [1.165, 1.54) is 6.42 Å². The molecule has 0 spiro atoms. The van der Waals surface area contributed by atoms with Gasteiger partial charge in [-0.15, -0.1) is 0 Å². The van der Waals surface area contributed by atoms with Gasteiger partial charge < -0.3 is 0 Å². The van der Waals surface area contributed by atoms with E-state index in [-0.39, 0.29) is 11.6 Å². The Balaban J connectivity index is 1.57. The fourth-order valence-electron chi connectivity index (χ4n) is 3.41. The first kappa shape index (κ1) is 26.9. The quantitative estimate of drug-likeness (QED) is 0.113. The van der Waals surface area contributed by atoms with Crippen LogP contribution in [0, 0.1) is 0 Å². The molecule has 0 aliphatic carbocycles. The third-order valence-electron chi connectivity index (χ3n) is 5.22. The van der Waals surface area contributed by atoms with Crippen molar-refractivity contribution < 1.29 is 9.59 Å². The number of hydrogen-bond donors (Lipinski definition) is 0. The highest BCUT2D eigenvalue weighted by atomic mass is 79.9. The Labute approximate surface area is 219 Å². The highest BCUT2D eigenvalue weighted by molar-refractivity contribution is 9.26. The monoisotopic (exact) mass is 676 g/mol. The van der Waals surface area contributed by atoms with Crippen LogP contribution in [0.15, 0.2) is 60.7 Å². The summed E-state index contributed by atoms with van der Waals surface area (Å²) in [5.74, 6) is 0.150. The van der Waals surface area contributed by atoms with E-state index in [1.807, 2.05) is 60.7 Å². The molecule has 0 atom stereocenters. The lowest BCUT2D eigenvalue weighted by atomic mass is 10.0. The number of carbonyl (C=O) groups is 2. The van der Waals surface area contributed by atoms with Crippen molar-refractivity contribution in [2.75, 3.05) is 0 Å². The summed E-state index contributed by atoms with van der Waals surface area (Å²) >= 11 is 14.3. The molecule has 0 saturated heterocycles. The minimum absolute atomic E-state index is 0.0752. The Morgan fingerprint density at radius 1 is 0.516 bits per heavy atom. The van der Waals surface area contributed by atoms with E-state index in [0.29, 0.717) is 0 Å². The fraction of sp³-hybridized carbons (Fsp3) is 0.440. The number of halogens is 4. The molecular weight excluding hydrogens is 652 g/mol. The van der Waals surface area contributed by atoms with Crippen LogP contribution in [-0.4, -0.2) is 18.0 Å². The van der Waals surface area contributed by atoms with Gasteiger partial charge in [-0.05, 0) is 12.8 Å². The zero-order valence-electron chi connectivity index (χ0n) is 17.5. The Morgan fingerprint density at radius 3 is 1.13 bits per heavy atom. The van der Waals surface area contributed by atoms with Crippen LogP contribution in [0.5, 0.6) is 0 Å². The van der Waals surface area contributed by atoms with Gasteiger partial charge >= 0.3 is 0 Å². The van der Waals surface area contributed by atoms with Gasteiger partial charge in [-0.2, -0.15) is 0 Å². The van der Waals surface area contributed by atoms with Crippen molar-refractivity contribution in [3.05, 3.63) is 71.8 Å². The zero-order valence-corrected chi connectivity index (χ0v) is 23.8. The summed E-state index contributed by atoms with van der Waals surface area (Å²) in [5, 5.41) is 0. The van der Waals surface area contributed by atoms with Crippen LogP contribution in [0.2, 0.25) is 0 Å². The minimum atomic E-state index is -0.679. The largest absolute Gasteiger partial charge is 0.292 e. The van der Waals surface area contributed by atoms with Gasteiger partial charge in [0.2, 0.25) is 0 Å². The fourth-order valence-corrected chi connectivity index (χ4v) is 5.44. The molecule has 0 amide bonds. The van der Waals surface area contributed by atoms with Crippen LogP contribution in [0.1, 0.15) is 78.5 Å². The van der Waals surface area contributed by atoms with E-state index in [1.54, 1.807) is 0 Å². The van der Waals surface area contributed by atoms with Gasteiger partial charge in [0.1, 0.15) is 6.47 Å². The molecule has 0 bridgehead atoms. The lowest BCUT2D eigenvalue weighted by Gasteiger charge is -2.19. The second-order valence-corrected chi connectivity index (χ2v) is 15.3. The Bertz CT molecular complexity index is 750. The van der Waals surface area contributed by atoms with Gasteiger partial charge in [-0.1, -0.05) is 169 Å². The van der Waals surface area contributed by atoms with Crippen molar-refractivity contribution in [3.8, 4) is 0 Å². The summed E-state index contributed by atoms with van der Waals surface area (Å²) in [5.41, 5.74) is 1.44.